The molecule has 0 saturated carbocycles. The van der Waals surface area contributed by atoms with Crippen molar-refractivity contribution in [2.24, 2.45) is 0 Å². The molecule has 3 aromatic heterocycles. The number of furan rings is 1. The third-order valence-electron chi connectivity index (χ3n) is 13.1. The van der Waals surface area contributed by atoms with Crippen molar-refractivity contribution >= 4 is 58.4 Å². The molecule has 9 heteroatoms. The van der Waals surface area contributed by atoms with E-state index < -0.39 is 14.0 Å². The zero-order valence-electron chi connectivity index (χ0n) is 42.4. The molecule has 0 unspecified atom stereocenters. The number of carbonyl (C=O) groups is 1. The second-order valence-electron chi connectivity index (χ2n) is 19.8. The van der Waals surface area contributed by atoms with Gasteiger partial charge in [-0.1, -0.05) is 180 Å². The molecular formula is C64H57IrN4O3Si. The van der Waals surface area contributed by atoms with E-state index in [1.807, 2.05) is 66.7 Å². The van der Waals surface area contributed by atoms with Crippen molar-refractivity contribution in [1.82, 2.24) is 9.97 Å². The second kappa shape index (κ2) is 22.1. The van der Waals surface area contributed by atoms with E-state index in [9.17, 15) is 10.2 Å². The molecule has 0 saturated heterocycles. The van der Waals surface area contributed by atoms with Crippen LogP contribution in [0.1, 0.15) is 72.3 Å². The monoisotopic (exact) mass is 1150 g/mol. The smallest absolute Gasteiger partial charge is 0.520 e. The Morgan fingerprint density at radius 3 is 1.78 bits per heavy atom. The van der Waals surface area contributed by atoms with Crippen molar-refractivity contribution in [2.75, 3.05) is 4.90 Å². The molecule has 7 aromatic carbocycles. The van der Waals surface area contributed by atoms with Gasteiger partial charge in [0.2, 0.25) is 0 Å². The molecule has 0 amide bonds. The molecule has 1 N–H and O–H groups in total. The zero-order chi connectivity index (χ0) is 50.7. The van der Waals surface area contributed by atoms with Gasteiger partial charge < -0.3 is 24.8 Å². The zero-order valence-corrected chi connectivity index (χ0v) is 45.8. The summed E-state index contributed by atoms with van der Waals surface area (Å²) in [7, 11) is -1.33. The van der Waals surface area contributed by atoms with Crippen molar-refractivity contribution in [1.29, 1.82) is 0 Å². The number of hydrogen-bond acceptors (Lipinski definition) is 4. The van der Waals surface area contributed by atoms with Crippen molar-refractivity contribution in [3.05, 3.63) is 228 Å². The Balaban J connectivity index is 0.000000300. The van der Waals surface area contributed by atoms with E-state index in [1.54, 1.807) is 12.1 Å². The predicted molar refractivity (Wildman–Crippen MR) is 301 cm³/mol. The third-order valence-corrected chi connectivity index (χ3v) is 15.1. The largest absolute Gasteiger partial charge is 3.00 e. The van der Waals surface area contributed by atoms with E-state index in [-0.39, 0.29) is 43.3 Å². The molecule has 10 rings (SSSR count). The number of aryl methyl sites for hydroxylation is 1. The SMILES string of the molecule is C[Si](C)(C)c1ccc(-c2[c-]cc(C(=O)O)cc2)nc1.Cc1ccc(N(C(=[N-])c2[c-]ccc3c2oc2cc(-c4ccc(-c5ccccc5)cc4)ccc23)c2c(C(C)C)cc(-c3ccccc3)cc2C(C)C)cn1.[Ir+3]. The van der Waals surface area contributed by atoms with Crippen LogP contribution in [-0.2, 0) is 20.1 Å². The van der Waals surface area contributed by atoms with Crippen molar-refractivity contribution in [2.45, 2.75) is 66.1 Å². The maximum atomic E-state index is 12.7. The minimum Gasteiger partial charge on any atom is -0.520 e. The van der Waals surface area contributed by atoms with Crippen LogP contribution in [0.3, 0.4) is 0 Å². The minimum absolute atomic E-state index is 0. The standard InChI is InChI=1S/C49H41N3O.C15H16NO2Si.Ir/c1-31(2)44-27-39(35-15-10-7-11-16-35)28-45(32(3)4)47(44)52(40-25-19-33(5)51-30-40)49(50)43-18-12-17-42-41-26-24-38(29-46(41)53-48(42)43)37-22-20-36(21-23-37)34-13-8-6-9-14-34;1-19(2,3)13-8-9-14(16-10-13)11-4-6-12(7-5-11)15(17)18;/h6-17,19-32H,1-5H3;4,6-10H,1-3H3,(H,17,18);/q-2;-1;+3. The number of aromatic nitrogens is 2. The maximum absolute atomic E-state index is 12.7. The molecule has 0 aliphatic heterocycles. The molecule has 0 aliphatic rings. The molecule has 0 spiro atoms. The van der Waals surface area contributed by atoms with Crippen molar-refractivity contribution in [3.63, 3.8) is 0 Å². The van der Waals surface area contributed by atoms with Gasteiger partial charge in [0.15, 0.2) is 0 Å². The van der Waals surface area contributed by atoms with Gasteiger partial charge in [0.05, 0.1) is 8.07 Å². The van der Waals surface area contributed by atoms with Gasteiger partial charge in [-0.15, -0.1) is 59.4 Å². The molecule has 364 valence electrons. The first-order valence-corrected chi connectivity index (χ1v) is 27.9. The van der Waals surface area contributed by atoms with Gasteiger partial charge in [-0.2, -0.15) is 0 Å². The van der Waals surface area contributed by atoms with E-state index in [0.717, 1.165) is 78.1 Å². The van der Waals surface area contributed by atoms with Crippen LogP contribution in [-0.4, -0.2) is 35.0 Å². The normalized spacial score (nSPS) is 11.3. The molecule has 0 bridgehead atoms. The number of pyridine rings is 2. The molecule has 0 atom stereocenters. The third kappa shape index (κ3) is 11.3. The average Bonchev–Trinajstić information content (AvgIpc) is 3.78. The molecule has 3 heterocycles. The first-order valence-electron chi connectivity index (χ1n) is 24.4. The molecule has 0 radical (unpaired) electrons. The first-order chi connectivity index (χ1) is 34.6. The van der Waals surface area contributed by atoms with E-state index >= 15 is 0 Å². The van der Waals surface area contributed by atoms with Crippen LogP contribution in [0.4, 0.5) is 11.4 Å². The molecule has 0 fully saturated rings. The van der Waals surface area contributed by atoms with Crippen LogP contribution in [0.15, 0.2) is 187 Å². The summed E-state index contributed by atoms with van der Waals surface area (Å²) >= 11 is 0. The number of carboxylic acids is 1. The first kappa shape index (κ1) is 51.8. The van der Waals surface area contributed by atoms with Crippen LogP contribution in [0.25, 0.3) is 72.0 Å². The number of anilines is 2. The predicted octanol–water partition coefficient (Wildman–Crippen LogP) is 16.3. The molecule has 73 heavy (non-hydrogen) atoms. The summed E-state index contributed by atoms with van der Waals surface area (Å²) in [5.41, 5.74) is 15.4. The number of amidine groups is 1. The summed E-state index contributed by atoms with van der Waals surface area (Å²) in [6.07, 6.45) is 3.75. The van der Waals surface area contributed by atoms with Crippen LogP contribution in [0.5, 0.6) is 0 Å². The fraction of sp³-hybridized carbons (Fsp3) is 0.156. The number of nitrogens with zero attached hydrogens (tertiary/aromatic N) is 4. The quantitative estimate of drug-likeness (QED) is 0.0599. The summed E-state index contributed by atoms with van der Waals surface area (Å²) in [4.78, 5) is 21.8. The van der Waals surface area contributed by atoms with Gasteiger partial charge in [-0.05, 0) is 103 Å². The number of hydrogen-bond donors (Lipinski definition) is 1. The maximum Gasteiger partial charge on any atom is 3.00 e. The van der Waals surface area contributed by atoms with Gasteiger partial charge in [-0.25, -0.2) is 0 Å². The summed E-state index contributed by atoms with van der Waals surface area (Å²) in [5.74, 6) is -0.588. The molecular weight excluding hydrogens is 1090 g/mol. The Hall–Kier alpha value is -7.55. The fourth-order valence-corrected chi connectivity index (χ4v) is 10.00. The van der Waals surface area contributed by atoms with Gasteiger partial charge in [0, 0.05) is 29.1 Å². The van der Waals surface area contributed by atoms with E-state index in [2.05, 4.69) is 179 Å². The minimum atomic E-state index is -1.33. The molecule has 10 aromatic rings. The van der Waals surface area contributed by atoms with Gasteiger partial charge in [-0.3, -0.25) is 9.78 Å². The molecule has 0 aliphatic carbocycles. The fourth-order valence-electron chi connectivity index (χ4n) is 8.96. The number of carboxylic acid groups (broad SMARTS) is 1. The Kier molecular flexibility index (Phi) is 15.6. The van der Waals surface area contributed by atoms with Gasteiger partial charge in [0.1, 0.15) is 5.58 Å². The number of benzene rings is 7. The summed E-state index contributed by atoms with van der Waals surface area (Å²) in [5, 5.41) is 24.7. The Morgan fingerprint density at radius 2 is 1.25 bits per heavy atom. The summed E-state index contributed by atoms with van der Waals surface area (Å²) in [6.45, 7) is 17.6. The van der Waals surface area contributed by atoms with Crippen molar-refractivity contribution in [3.8, 4) is 44.6 Å². The average molecular weight is 1150 g/mol. The Labute approximate surface area is 443 Å². The Bertz CT molecular complexity index is 3500. The number of fused-ring (bicyclic) bond motifs is 3. The second-order valence-corrected chi connectivity index (χ2v) is 24.9. The van der Waals surface area contributed by atoms with Gasteiger partial charge >= 0.3 is 20.1 Å². The number of rotatable bonds is 11. The molecule has 7 nitrogen and oxygen atoms in total. The van der Waals surface area contributed by atoms with Crippen LogP contribution in [0.2, 0.25) is 19.6 Å². The van der Waals surface area contributed by atoms with Gasteiger partial charge in [0.25, 0.3) is 5.97 Å². The van der Waals surface area contributed by atoms with E-state index in [4.69, 9.17) is 9.52 Å². The summed E-state index contributed by atoms with van der Waals surface area (Å²) < 4.78 is 6.68. The van der Waals surface area contributed by atoms with E-state index in [1.165, 1.54) is 22.4 Å². The van der Waals surface area contributed by atoms with Crippen LogP contribution >= 0.6 is 0 Å². The van der Waals surface area contributed by atoms with E-state index in [0.29, 0.717) is 11.1 Å². The van der Waals surface area contributed by atoms with Crippen LogP contribution < -0.4 is 10.1 Å². The number of aromatic carboxylic acids is 1. The van der Waals surface area contributed by atoms with Crippen LogP contribution in [0, 0.1) is 19.1 Å². The summed E-state index contributed by atoms with van der Waals surface area (Å²) in [6, 6.07) is 63.5. The Morgan fingerprint density at radius 1 is 0.644 bits per heavy atom. The topological polar surface area (TPSA) is 102 Å². The van der Waals surface area contributed by atoms with Crippen molar-refractivity contribution < 1.29 is 34.4 Å².